The van der Waals surface area contributed by atoms with Crippen LogP contribution in [0.25, 0.3) is 0 Å². The molecule has 0 heterocycles. The normalized spacial score (nSPS) is 25.5. The van der Waals surface area contributed by atoms with Crippen molar-refractivity contribution in [1.82, 2.24) is 4.90 Å². The lowest BCUT2D eigenvalue weighted by atomic mass is 9.85. The summed E-state index contributed by atoms with van der Waals surface area (Å²) in [5, 5.41) is 0. The van der Waals surface area contributed by atoms with Gasteiger partial charge in [-0.1, -0.05) is 31.9 Å². The fraction of sp³-hybridized carbons (Fsp3) is 0.625. The van der Waals surface area contributed by atoms with Gasteiger partial charge in [0.25, 0.3) is 0 Å². The summed E-state index contributed by atoms with van der Waals surface area (Å²) in [6, 6.07) is 7.15. The molecule has 0 aromatic heterocycles. The van der Waals surface area contributed by atoms with Crippen molar-refractivity contribution in [2.24, 2.45) is 11.7 Å². The van der Waals surface area contributed by atoms with E-state index in [1.807, 2.05) is 6.07 Å². The number of benzene rings is 1. The second kappa shape index (κ2) is 6.49. The SMILES string of the molecule is CC1CCCCC1N(C)CC(N)c1cccc(F)c1. The Hall–Kier alpha value is -0.930. The van der Waals surface area contributed by atoms with Crippen LogP contribution in [0.1, 0.15) is 44.2 Å². The number of nitrogens with zero attached hydrogens (tertiary/aromatic N) is 1. The summed E-state index contributed by atoms with van der Waals surface area (Å²) < 4.78 is 13.2. The third-order valence-electron chi connectivity index (χ3n) is 4.39. The first kappa shape index (κ1) is 14.5. The maximum Gasteiger partial charge on any atom is 0.123 e. The molecule has 0 spiro atoms. The molecule has 0 radical (unpaired) electrons. The Morgan fingerprint density at radius 3 is 2.79 bits per heavy atom. The van der Waals surface area contributed by atoms with E-state index in [0.29, 0.717) is 6.04 Å². The molecular formula is C16H25FN2. The third-order valence-corrected chi connectivity index (χ3v) is 4.39. The van der Waals surface area contributed by atoms with Crippen molar-refractivity contribution >= 4 is 0 Å². The number of likely N-dealkylation sites (N-methyl/N-ethyl adjacent to an activating group) is 1. The largest absolute Gasteiger partial charge is 0.323 e. The van der Waals surface area contributed by atoms with E-state index in [-0.39, 0.29) is 11.9 Å². The number of hydrogen-bond acceptors (Lipinski definition) is 2. The summed E-state index contributed by atoms with van der Waals surface area (Å²) in [5.41, 5.74) is 7.09. The van der Waals surface area contributed by atoms with E-state index < -0.39 is 0 Å². The average molecular weight is 264 g/mol. The Morgan fingerprint density at radius 2 is 2.11 bits per heavy atom. The van der Waals surface area contributed by atoms with Crippen molar-refractivity contribution in [3.63, 3.8) is 0 Å². The molecule has 3 atom stereocenters. The molecule has 106 valence electrons. The first-order valence-corrected chi connectivity index (χ1v) is 7.29. The van der Waals surface area contributed by atoms with Gasteiger partial charge in [0.15, 0.2) is 0 Å². The van der Waals surface area contributed by atoms with Crippen LogP contribution in [0.3, 0.4) is 0 Å². The van der Waals surface area contributed by atoms with Crippen LogP contribution < -0.4 is 5.73 Å². The molecule has 1 aromatic carbocycles. The van der Waals surface area contributed by atoms with E-state index in [2.05, 4.69) is 18.9 Å². The first-order valence-electron chi connectivity index (χ1n) is 7.29. The molecule has 2 rings (SSSR count). The average Bonchev–Trinajstić information content (AvgIpc) is 2.39. The van der Waals surface area contributed by atoms with Crippen LogP contribution in [0.5, 0.6) is 0 Å². The summed E-state index contributed by atoms with van der Waals surface area (Å²) >= 11 is 0. The van der Waals surface area contributed by atoms with Gasteiger partial charge in [0.2, 0.25) is 0 Å². The molecule has 1 saturated carbocycles. The molecule has 0 saturated heterocycles. The Labute approximate surface area is 115 Å². The molecule has 1 fully saturated rings. The quantitative estimate of drug-likeness (QED) is 0.903. The highest BCUT2D eigenvalue weighted by Gasteiger charge is 2.25. The Morgan fingerprint density at radius 1 is 1.37 bits per heavy atom. The summed E-state index contributed by atoms with van der Waals surface area (Å²) in [6.07, 6.45) is 5.23. The Balaban J connectivity index is 1.96. The van der Waals surface area contributed by atoms with Gasteiger partial charge in [0.05, 0.1) is 0 Å². The molecule has 0 aliphatic heterocycles. The van der Waals surface area contributed by atoms with E-state index in [1.54, 1.807) is 12.1 Å². The van der Waals surface area contributed by atoms with Gasteiger partial charge in [-0.3, -0.25) is 0 Å². The number of nitrogens with two attached hydrogens (primary N) is 1. The molecule has 1 aromatic rings. The van der Waals surface area contributed by atoms with Crippen LogP contribution in [0.2, 0.25) is 0 Å². The third kappa shape index (κ3) is 3.77. The minimum absolute atomic E-state index is 0.116. The topological polar surface area (TPSA) is 29.3 Å². The van der Waals surface area contributed by atoms with Crippen molar-refractivity contribution in [3.05, 3.63) is 35.6 Å². The summed E-state index contributed by atoms with van der Waals surface area (Å²) in [6.45, 7) is 3.12. The standard InChI is InChI=1S/C16H25FN2/c1-12-6-3-4-9-16(12)19(2)11-15(18)13-7-5-8-14(17)10-13/h5,7-8,10,12,15-16H,3-4,6,9,11,18H2,1-2H3. The molecular weight excluding hydrogens is 239 g/mol. The highest BCUT2D eigenvalue weighted by atomic mass is 19.1. The highest BCUT2D eigenvalue weighted by Crippen LogP contribution is 2.28. The molecule has 1 aliphatic rings. The van der Waals surface area contributed by atoms with Crippen LogP contribution in [-0.2, 0) is 0 Å². The van der Waals surface area contributed by atoms with Gasteiger partial charge in [0.1, 0.15) is 5.82 Å². The maximum absolute atomic E-state index is 13.2. The van der Waals surface area contributed by atoms with Crippen LogP contribution in [0, 0.1) is 11.7 Å². The smallest absolute Gasteiger partial charge is 0.123 e. The zero-order valence-electron chi connectivity index (χ0n) is 12.0. The van der Waals surface area contributed by atoms with Gasteiger partial charge < -0.3 is 10.6 Å². The lowest BCUT2D eigenvalue weighted by Crippen LogP contribution is -2.42. The van der Waals surface area contributed by atoms with Crippen LogP contribution in [0.15, 0.2) is 24.3 Å². The number of hydrogen-bond donors (Lipinski definition) is 1. The van der Waals surface area contributed by atoms with Crippen LogP contribution in [0.4, 0.5) is 4.39 Å². The van der Waals surface area contributed by atoms with E-state index in [0.717, 1.165) is 18.0 Å². The summed E-state index contributed by atoms with van der Waals surface area (Å²) in [5.74, 6) is 0.528. The lowest BCUT2D eigenvalue weighted by Gasteiger charge is -2.37. The zero-order chi connectivity index (χ0) is 13.8. The molecule has 3 unspecified atom stereocenters. The van der Waals surface area contributed by atoms with E-state index in [9.17, 15) is 4.39 Å². The molecule has 1 aliphatic carbocycles. The predicted octanol–water partition coefficient (Wildman–Crippen LogP) is 3.34. The van der Waals surface area contributed by atoms with E-state index in [4.69, 9.17) is 5.73 Å². The molecule has 3 heteroatoms. The summed E-state index contributed by atoms with van der Waals surface area (Å²) in [7, 11) is 2.14. The van der Waals surface area contributed by atoms with Gasteiger partial charge in [-0.05, 0) is 43.5 Å². The molecule has 0 amide bonds. The number of halogens is 1. The maximum atomic E-state index is 13.2. The van der Waals surface area contributed by atoms with Crippen LogP contribution in [-0.4, -0.2) is 24.5 Å². The predicted molar refractivity (Wildman–Crippen MR) is 77.4 cm³/mol. The zero-order valence-corrected chi connectivity index (χ0v) is 12.0. The van der Waals surface area contributed by atoms with E-state index >= 15 is 0 Å². The minimum atomic E-state index is -0.207. The van der Waals surface area contributed by atoms with E-state index in [1.165, 1.54) is 31.7 Å². The number of rotatable bonds is 4. The van der Waals surface area contributed by atoms with Crippen molar-refractivity contribution in [2.45, 2.75) is 44.7 Å². The highest BCUT2D eigenvalue weighted by molar-refractivity contribution is 5.20. The van der Waals surface area contributed by atoms with Gasteiger partial charge >= 0.3 is 0 Å². The fourth-order valence-electron chi connectivity index (χ4n) is 3.24. The van der Waals surface area contributed by atoms with Crippen molar-refractivity contribution in [3.8, 4) is 0 Å². The second-order valence-electron chi connectivity index (χ2n) is 5.93. The van der Waals surface area contributed by atoms with Gasteiger partial charge in [-0.2, -0.15) is 0 Å². The molecule has 0 bridgehead atoms. The lowest BCUT2D eigenvalue weighted by molar-refractivity contribution is 0.133. The monoisotopic (exact) mass is 264 g/mol. The van der Waals surface area contributed by atoms with Crippen LogP contribution >= 0.6 is 0 Å². The Bertz CT molecular complexity index is 407. The molecule has 2 nitrogen and oxygen atoms in total. The second-order valence-corrected chi connectivity index (χ2v) is 5.93. The van der Waals surface area contributed by atoms with Crippen molar-refractivity contribution in [1.29, 1.82) is 0 Å². The molecule has 2 N–H and O–H groups in total. The summed E-state index contributed by atoms with van der Waals surface area (Å²) in [4.78, 5) is 2.36. The van der Waals surface area contributed by atoms with Gasteiger partial charge in [-0.25, -0.2) is 4.39 Å². The van der Waals surface area contributed by atoms with Gasteiger partial charge in [-0.15, -0.1) is 0 Å². The first-order chi connectivity index (χ1) is 9.08. The van der Waals surface area contributed by atoms with Crippen molar-refractivity contribution < 1.29 is 4.39 Å². The Kier molecular flexibility index (Phi) is 4.94. The minimum Gasteiger partial charge on any atom is -0.323 e. The van der Waals surface area contributed by atoms with Crippen molar-refractivity contribution in [2.75, 3.05) is 13.6 Å². The van der Waals surface area contributed by atoms with Gasteiger partial charge in [0, 0.05) is 18.6 Å². The molecule has 19 heavy (non-hydrogen) atoms. The fourth-order valence-corrected chi connectivity index (χ4v) is 3.24.